The fraction of sp³-hybridized carbons (Fsp3) is 0.600. The van der Waals surface area contributed by atoms with E-state index in [4.69, 9.17) is 19.4 Å². The summed E-state index contributed by atoms with van der Waals surface area (Å²) in [6, 6.07) is 0.920. The number of nitrogens with zero attached hydrogens (tertiary/aromatic N) is 1. The Kier molecular flexibility index (Phi) is 8.67. The number of rotatable bonds is 8. The van der Waals surface area contributed by atoms with Crippen molar-refractivity contribution in [2.24, 2.45) is 0 Å². The zero-order chi connectivity index (χ0) is 22.2. The van der Waals surface area contributed by atoms with Crippen molar-refractivity contribution in [1.82, 2.24) is 9.55 Å². The summed E-state index contributed by atoms with van der Waals surface area (Å²) in [6.07, 6.45) is -5.70. The number of aromatic nitrogens is 2. The summed E-state index contributed by atoms with van der Waals surface area (Å²) in [5.41, 5.74) is -1.74. The van der Waals surface area contributed by atoms with Crippen LogP contribution in [-0.2, 0) is 31.6 Å². The molecule has 2 rings (SSSR count). The zero-order valence-corrected chi connectivity index (χ0v) is 16.5. The number of phosphoric acid groups is 3. The highest BCUT2D eigenvalue weighted by molar-refractivity contribution is 7.66. The Balaban J connectivity index is 0.00000450. The van der Waals surface area contributed by atoms with Gasteiger partial charge in [0.25, 0.3) is 5.56 Å². The number of hydrogen-bond donors (Lipinski definition) is 7. The molecule has 6 atom stereocenters. The van der Waals surface area contributed by atoms with Crippen molar-refractivity contribution in [2.45, 2.75) is 32.0 Å². The molecule has 0 amide bonds. The highest BCUT2D eigenvalue weighted by Gasteiger charge is 2.46. The van der Waals surface area contributed by atoms with Crippen LogP contribution in [0, 0.1) is 0 Å². The number of aliphatic hydroxyl groups excluding tert-OH is 2. The van der Waals surface area contributed by atoms with Crippen molar-refractivity contribution >= 4 is 23.5 Å². The average Bonchev–Trinajstić information content (AvgIpc) is 2.78. The minimum Gasteiger partial charge on any atom is -0.387 e. The van der Waals surface area contributed by atoms with Crippen LogP contribution < -0.4 is 11.2 Å². The third kappa shape index (κ3) is 7.28. The first-order chi connectivity index (χ1) is 13.1. The number of aromatic amines is 1. The minimum atomic E-state index is -5.73. The Morgan fingerprint density at radius 1 is 1.03 bits per heavy atom. The monoisotopic (exact) mass is 500 g/mol. The standard InChI is InChI=1S/C9H15N2O15P3.CH4/c12-5-1-2-11(9(15)10-5)8-7(14)6(13)4(24-8)3-23-28(19,20)26-29(21,22)25-27(16,17)18;/h1-2,4,6-8,13-14H,3H2,(H,19,20)(H,21,22)(H,10,12,15)(H2,16,17,18);1H4/t4-,6?,7?,8-;/m1./s1. The molecule has 0 saturated carbocycles. The summed E-state index contributed by atoms with van der Waals surface area (Å²) >= 11 is 0. The molecule has 1 aromatic rings. The molecule has 7 N–H and O–H groups in total. The summed E-state index contributed by atoms with van der Waals surface area (Å²) in [7, 11) is -16.8. The highest BCUT2D eigenvalue weighted by Crippen LogP contribution is 2.66. The molecule has 1 saturated heterocycles. The van der Waals surface area contributed by atoms with Crippen molar-refractivity contribution in [3.8, 4) is 0 Å². The Bertz CT molecular complexity index is 999. The van der Waals surface area contributed by atoms with E-state index in [1.807, 2.05) is 4.98 Å². The molecule has 1 aliphatic rings. The molecular weight excluding hydrogens is 481 g/mol. The lowest BCUT2D eigenvalue weighted by molar-refractivity contribution is -0.0542. The van der Waals surface area contributed by atoms with Crippen molar-refractivity contribution in [1.29, 1.82) is 0 Å². The molecule has 20 heteroatoms. The number of nitrogens with one attached hydrogen (secondary N) is 1. The van der Waals surface area contributed by atoms with Crippen molar-refractivity contribution < 1.29 is 61.4 Å². The van der Waals surface area contributed by atoms with Gasteiger partial charge in [-0.05, 0) is 0 Å². The van der Waals surface area contributed by atoms with Gasteiger partial charge >= 0.3 is 29.2 Å². The summed E-state index contributed by atoms with van der Waals surface area (Å²) in [5, 5.41) is 19.9. The van der Waals surface area contributed by atoms with E-state index in [0.29, 0.717) is 4.57 Å². The molecule has 17 nitrogen and oxygen atoms in total. The van der Waals surface area contributed by atoms with E-state index >= 15 is 0 Å². The normalized spacial score (nSPS) is 28.3. The summed E-state index contributed by atoms with van der Waals surface area (Å²) in [5.74, 6) is 0. The third-order valence-electron chi connectivity index (χ3n) is 3.28. The molecule has 4 unspecified atom stereocenters. The third-order valence-corrected chi connectivity index (χ3v) is 7.08. The number of phosphoric ester groups is 1. The van der Waals surface area contributed by atoms with E-state index in [-0.39, 0.29) is 7.43 Å². The SMILES string of the molecule is C.O=c1ccn([C@@H]2O[C@H](COP(=O)(O)OP(=O)(O)OP(=O)(O)O)C(O)C2O)c(=O)[nH]1. The van der Waals surface area contributed by atoms with Crippen LogP contribution in [0.3, 0.4) is 0 Å². The number of H-pyrrole nitrogens is 1. The average molecular weight is 500 g/mol. The number of ether oxygens (including phenoxy) is 1. The van der Waals surface area contributed by atoms with Crippen molar-refractivity contribution in [3.05, 3.63) is 33.1 Å². The molecule has 30 heavy (non-hydrogen) atoms. The molecular formula is C10H19N2O15P3. The van der Waals surface area contributed by atoms with Crippen LogP contribution in [0.25, 0.3) is 0 Å². The Labute approximate surface area is 166 Å². The van der Waals surface area contributed by atoms with Gasteiger partial charge in [0.15, 0.2) is 6.23 Å². The van der Waals surface area contributed by atoms with Gasteiger partial charge in [0.1, 0.15) is 18.3 Å². The van der Waals surface area contributed by atoms with Gasteiger partial charge in [-0.1, -0.05) is 7.43 Å². The maximum absolute atomic E-state index is 11.7. The van der Waals surface area contributed by atoms with Gasteiger partial charge in [0, 0.05) is 12.3 Å². The largest absolute Gasteiger partial charge is 0.490 e. The predicted octanol–water partition coefficient (Wildman–Crippen LogP) is -1.86. The fourth-order valence-electron chi connectivity index (χ4n) is 2.20. The van der Waals surface area contributed by atoms with E-state index in [9.17, 15) is 38.4 Å². The molecule has 0 bridgehead atoms. The topological polar surface area (TPSA) is 264 Å². The van der Waals surface area contributed by atoms with Crippen LogP contribution in [0.4, 0.5) is 0 Å². The highest BCUT2D eigenvalue weighted by atomic mass is 31.3. The second-order valence-corrected chi connectivity index (χ2v) is 9.87. The molecule has 174 valence electrons. The van der Waals surface area contributed by atoms with E-state index in [0.717, 1.165) is 12.3 Å². The molecule has 0 spiro atoms. The fourth-order valence-corrected chi connectivity index (χ4v) is 5.23. The summed E-state index contributed by atoms with van der Waals surface area (Å²) in [6.45, 7) is -1.05. The van der Waals surface area contributed by atoms with E-state index in [1.165, 1.54) is 0 Å². The Hall–Kier alpha value is -1.03. The second-order valence-electron chi connectivity index (χ2n) is 5.45. The Morgan fingerprint density at radius 2 is 1.63 bits per heavy atom. The van der Waals surface area contributed by atoms with Gasteiger partial charge in [-0.15, -0.1) is 0 Å². The first-order valence-electron chi connectivity index (χ1n) is 7.22. The zero-order valence-electron chi connectivity index (χ0n) is 13.8. The van der Waals surface area contributed by atoms with Gasteiger partial charge in [0.2, 0.25) is 0 Å². The van der Waals surface area contributed by atoms with Crippen LogP contribution >= 0.6 is 23.5 Å². The molecule has 1 fully saturated rings. The molecule has 2 heterocycles. The van der Waals surface area contributed by atoms with Gasteiger partial charge < -0.3 is 34.5 Å². The summed E-state index contributed by atoms with van der Waals surface area (Å²) < 4.78 is 50.6. The molecule has 0 aromatic carbocycles. The number of hydrogen-bond acceptors (Lipinski definition) is 11. The molecule has 1 aliphatic heterocycles. The smallest absolute Gasteiger partial charge is 0.387 e. The molecule has 1 aromatic heterocycles. The van der Waals surface area contributed by atoms with Crippen molar-refractivity contribution in [3.63, 3.8) is 0 Å². The lowest BCUT2D eigenvalue weighted by atomic mass is 10.1. The molecule has 0 aliphatic carbocycles. The van der Waals surface area contributed by atoms with Crippen LogP contribution in [0.5, 0.6) is 0 Å². The first kappa shape index (κ1) is 27.0. The maximum atomic E-state index is 11.7. The van der Waals surface area contributed by atoms with Crippen LogP contribution in [0.2, 0.25) is 0 Å². The van der Waals surface area contributed by atoms with Gasteiger partial charge in [-0.3, -0.25) is 18.9 Å². The van der Waals surface area contributed by atoms with E-state index in [1.54, 1.807) is 0 Å². The van der Waals surface area contributed by atoms with Gasteiger partial charge in [0.05, 0.1) is 6.61 Å². The Morgan fingerprint density at radius 3 is 2.17 bits per heavy atom. The van der Waals surface area contributed by atoms with Crippen LogP contribution in [0.15, 0.2) is 21.9 Å². The minimum absolute atomic E-state index is 0. The summed E-state index contributed by atoms with van der Waals surface area (Å²) in [4.78, 5) is 59.9. The lowest BCUT2D eigenvalue weighted by Gasteiger charge is -2.19. The first-order valence-corrected chi connectivity index (χ1v) is 11.7. The van der Waals surface area contributed by atoms with E-state index < -0.39 is 65.9 Å². The quantitative estimate of drug-likeness (QED) is 0.193. The maximum Gasteiger partial charge on any atom is 0.490 e. The lowest BCUT2D eigenvalue weighted by Crippen LogP contribution is -2.37. The van der Waals surface area contributed by atoms with Crippen LogP contribution in [-0.4, -0.2) is 64.3 Å². The van der Waals surface area contributed by atoms with Gasteiger partial charge in [-0.25, -0.2) is 18.5 Å². The van der Waals surface area contributed by atoms with Gasteiger partial charge in [-0.2, -0.15) is 8.62 Å². The number of aliphatic hydroxyl groups is 2. The molecule has 0 radical (unpaired) electrons. The predicted molar refractivity (Wildman–Crippen MR) is 93.8 cm³/mol. The van der Waals surface area contributed by atoms with Crippen LogP contribution in [0.1, 0.15) is 13.7 Å². The second kappa shape index (κ2) is 9.63. The van der Waals surface area contributed by atoms with Crippen molar-refractivity contribution in [2.75, 3.05) is 6.61 Å². The van der Waals surface area contributed by atoms with E-state index in [2.05, 4.69) is 13.1 Å².